The van der Waals surface area contributed by atoms with Gasteiger partial charge in [-0.1, -0.05) is 0 Å². The van der Waals surface area contributed by atoms with E-state index in [4.69, 9.17) is 6.42 Å². The quantitative estimate of drug-likeness (QED) is 0.788. The summed E-state index contributed by atoms with van der Waals surface area (Å²) in [5.74, 6) is 3.43. The number of rotatable bonds is 4. The molecule has 0 aromatic carbocycles. The first-order valence-corrected chi connectivity index (χ1v) is 6.91. The van der Waals surface area contributed by atoms with E-state index in [1.165, 1.54) is 19.3 Å². The molecule has 0 fully saturated rings. The van der Waals surface area contributed by atoms with Gasteiger partial charge in [0.25, 0.3) is 0 Å². The molecule has 0 aliphatic heterocycles. The minimum atomic E-state index is 0.546. The Balaban J connectivity index is 2.12. The molecule has 0 radical (unpaired) electrons. The van der Waals surface area contributed by atoms with Gasteiger partial charge in [0.05, 0.1) is 0 Å². The molecule has 2 heteroatoms. The zero-order valence-electron chi connectivity index (χ0n) is 9.83. The van der Waals surface area contributed by atoms with Crippen LogP contribution in [0.1, 0.15) is 42.0 Å². The molecule has 1 aromatic heterocycles. The van der Waals surface area contributed by atoms with Crippen molar-refractivity contribution in [3.8, 4) is 12.3 Å². The first kappa shape index (κ1) is 11.7. The summed E-state index contributed by atoms with van der Waals surface area (Å²) >= 11 is 1.91. The number of thiophene rings is 1. The van der Waals surface area contributed by atoms with Crippen molar-refractivity contribution in [1.82, 2.24) is 5.32 Å². The summed E-state index contributed by atoms with van der Waals surface area (Å²) in [4.78, 5) is 1.59. The summed E-state index contributed by atoms with van der Waals surface area (Å²) in [6.07, 6.45) is 11.2. The molecule has 1 aliphatic rings. The highest BCUT2D eigenvalue weighted by atomic mass is 32.1. The van der Waals surface area contributed by atoms with E-state index in [0.717, 1.165) is 12.8 Å². The molecule has 0 saturated carbocycles. The molecule has 86 valence electrons. The van der Waals surface area contributed by atoms with Crippen molar-refractivity contribution >= 4 is 11.3 Å². The third-order valence-electron chi connectivity index (χ3n) is 3.55. The van der Waals surface area contributed by atoms with Crippen molar-refractivity contribution in [2.75, 3.05) is 7.05 Å². The van der Waals surface area contributed by atoms with Gasteiger partial charge in [-0.25, -0.2) is 0 Å². The van der Waals surface area contributed by atoms with Gasteiger partial charge in [-0.15, -0.1) is 23.7 Å². The Hall–Kier alpha value is -0.780. The van der Waals surface area contributed by atoms with Crippen molar-refractivity contribution < 1.29 is 0 Å². The number of fused-ring (bicyclic) bond motifs is 1. The third kappa shape index (κ3) is 2.31. The van der Waals surface area contributed by atoms with Gasteiger partial charge in [-0.05, 0) is 49.7 Å². The van der Waals surface area contributed by atoms with Crippen LogP contribution < -0.4 is 5.32 Å². The van der Waals surface area contributed by atoms with Crippen LogP contribution in [-0.2, 0) is 6.42 Å². The van der Waals surface area contributed by atoms with Crippen molar-refractivity contribution in [3.05, 3.63) is 21.9 Å². The maximum absolute atomic E-state index is 5.36. The molecule has 1 nitrogen and oxygen atoms in total. The summed E-state index contributed by atoms with van der Waals surface area (Å²) in [7, 11) is 2.06. The lowest BCUT2D eigenvalue weighted by atomic mass is 9.81. The number of terminal acetylenes is 1. The van der Waals surface area contributed by atoms with Gasteiger partial charge >= 0.3 is 0 Å². The van der Waals surface area contributed by atoms with Crippen LogP contribution in [0.25, 0.3) is 0 Å². The zero-order chi connectivity index (χ0) is 11.4. The average molecular weight is 233 g/mol. The van der Waals surface area contributed by atoms with Gasteiger partial charge in [0, 0.05) is 23.3 Å². The average Bonchev–Trinajstić information content (AvgIpc) is 2.78. The minimum Gasteiger partial charge on any atom is -0.316 e. The minimum absolute atomic E-state index is 0.546. The van der Waals surface area contributed by atoms with Gasteiger partial charge in [-0.3, -0.25) is 0 Å². The molecule has 0 bridgehead atoms. The zero-order valence-corrected chi connectivity index (χ0v) is 10.6. The highest BCUT2D eigenvalue weighted by molar-refractivity contribution is 7.10. The number of hydrogen-bond donors (Lipinski definition) is 1. The number of aryl methyl sites for hydroxylation is 1. The Morgan fingerprint density at radius 3 is 3.31 bits per heavy atom. The topological polar surface area (TPSA) is 12.0 Å². The van der Waals surface area contributed by atoms with Crippen LogP contribution in [0.3, 0.4) is 0 Å². The van der Waals surface area contributed by atoms with E-state index < -0.39 is 0 Å². The number of likely N-dealkylation sites (N-methyl/N-ethyl adjacent to an activating group) is 1. The smallest absolute Gasteiger partial charge is 0.0142 e. The van der Waals surface area contributed by atoms with Gasteiger partial charge in [0.1, 0.15) is 0 Å². The number of hydrogen-bond acceptors (Lipinski definition) is 2. The van der Waals surface area contributed by atoms with E-state index in [-0.39, 0.29) is 0 Å². The normalized spacial score (nSPS) is 21.1. The molecule has 1 N–H and O–H groups in total. The molecule has 1 aliphatic carbocycles. The second kappa shape index (κ2) is 5.52. The van der Waals surface area contributed by atoms with E-state index in [9.17, 15) is 0 Å². The van der Waals surface area contributed by atoms with Crippen molar-refractivity contribution in [2.24, 2.45) is 0 Å². The van der Waals surface area contributed by atoms with Crippen LogP contribution in [-0.4, -0.2) is 13.1 Å². The fraction of sp³-hybridized carbons (Fsp3) is 0.571. The van der Waals surface area contributed by atoms with E-state index >= 15 is 0 Å². The van der Waals surface area contributed by atoms with Crippen LogP contribution in [0.5, 0.6) is 0 Å². The van der Waals surface area contributed by atoms with Gasteiger partial charge in [0.2, 0.25) is 0 Å². The molecule has 1 aromatic rings. The molecular weight excluding hydrogens is 214 g/mol. The fourth-order valence-electron chi connectivity index (χ4n) is 2.73. The molecule has 2 unspecified atom stereocenters. The molecule has 0 spiro atoms. The summed E-state index contributed by atoms with van der Waals surface area (Å²) in [5, 5.41) is 5.68. The van der Waals surface area contributed by atoms with E-state index in [2.05, 4.69) is 29.7 Å². The lowest BCUT2D eigenvalue weighted by Gasteiger charge is -2.30. The molecule has 0 amide bonds. The Labute approximate surface area is 102 Å². The highest BCUT2D eigenvalue weighted by Gasteiger charge is 2.27. The summed E-state index contributed by atoms with van der Waals surface area (Å²) < 4.78 is 0. The highest BCUT2D eigenvalue weighted by Crippen LogP contribution is 2.37. The van der Waals surface area contributed by atoms with Gasteiger partial charge < -0.3 is 5.32 Å². The molecule has 0 saturated heterocycles. The summed E-state index contributed by atoms with van der Waals surface area (Å²) in [5.41, 5.74) is 1.58. The lowest BCUT2D eigenvalue weighted by Crippen LogP contribution is -2.33. The number of nitrogens with one attached hydrogen (secondary N) is 1. The van der Waals surface area contributed by atoms with Crippen molar-refractivity contribution in [3.63, 3.8) is 0 Å². The van der Waals surface area contributed by atoms with Crippen LogP contribution in [0.2, 0.25) is 0 Å². The van der Waals surface area contributed by atoms with E-state index in [1.807, 2.05) is 11.3 Å². The molecular formula is C14H19NS. The first-order chi connectivity index (χ1) is 7.86. The Kier molecular flexibility index (Phi) is 4.04. The molecule has 2 rings (SSSR count). The van der Waals surface area contributed by atoms with Gasteiger partial charge in [0.15, 0.2) is 0 Å². The Bertz CT molecular complexity index is 374. The second-order valence-corrected chi connectivity index (χ2v) is 5.44. The Morgan fingerprint density at radius 1 is 1.69 bits per heavy atom. The van der Waals surface area contributed by atoms with Crippen LogP contribution in [0.15, 0.2) is 11.4 Å². The van der Waals surface area contributed by atoms with Crippen molar-refractivity contribution in [1.29, 1.82) is 0 Å². The summed E-state index contributed by atoms with van der Waals surface area (Å²) in [6, 6.07) is 2.86. The monoisotopic (exact) mass is 233 g/mol. The van der Waals surface area contributed by atoms with Gasteiger partial charge in [-0.2, -0.15) is 0 Å². The standard InChI is InChI=1S/C14H19NS/c1-3-4-7-13(15-2)11-6-5-8-14-12(11)9-10-16-14/h1,9-11,13,15H,4-8H2,2H3. The largest absolute Gasteiger partial charge is 0.316 e. The predicted octanol–water partition coefficient (Wildman–Crippen LogP) is 3.17. The molecule has 1 heterocycles. The maximum atomic E-state index is 5.36. The SMILES string of the molecule is C#CCCC(NC)C1CCCc2sccc21. The van der Waals surface area contributed by atoms with Crippen LogP contribution >= 0.6 is 11.3 Å². The molecule has 2 atom stereocenters. The van der Waals surface area contributed by atoms with Crippen molar-refractivity contribution in [2.45, 2.75) is 44.1 Å². The summed E-state index contributed by atoms with van der Waals surface area (Å²) in [6.45, 7) is 0. The Morgan fingerprint density at radius 2 is 2.56 bits per heavy atom. The van der Waals surface area contributed by atoms with E-state index in [0.29, 0.717) is 12.0 Å². The lowest BCUT2D eigenvalue weighted by molar-refractivity contribution is 0.399. The maximum Gasteiger partial charge on any atom is 0.0142 e. The van der Waals surface area contributed by atoms with E-state index in [1.54, 1.807) is 10.4 Å². The third-order valence-corrected chi connectivity index (χ3v) is 4.55. The van der Waals surface area contributed by atoms with Crippen LogP contribution in [0, 0.1) is 12.3 Å². The predicted molar refractivity (Wildman–Crippen MR) is 70.9 cm³/mol. The molecule has 16 heavy (non-hydrogen) atoms. The fourth-order valence-corrected chi connectivity index (χ4v) is 3.72. The first-order valence-electron chi connectivity index (χ1n) is 6.03. The second-order valence-electron chi connectivity index (χ2n) is 4.44. The van der Waals surface area contributed by atoms with Crippen LogP contribution in [0.4, 0.5) is 0 Å².